The van der Waals surface area contributed by atoms with E-state index in [4.69, 9.17) is 5.11 Å². The normalized spacial score (nSPS) is 12.2. The van der Waals surface area contributed by atoms with Crippen LogP contribution in [0.5, 0.6) is 0 Å². The molecule has 0 saturated carbocycles. The van der Waals surface area contributed by atoms with Gasteiger partial charge in [-0.25, -0.2) is 0 Å². The minimum Gasteiger partial charge on any atom is -0.384 e. The highest BCUT2D eigenvalue weighted by Gasteiger charge is 2.17. The summed E-state index contributed by atoms with van der Waals surface area (Å²) in [5.41, 5.74) is 1.84. The number of nitrogens with one attached hydrogen (secondary N) is 1. The third kappa shape index (κ3) is 7.53. The topological polar surface area (TPSA) is 49.3 Å². The largest absolute Gasteiger partial charge is 0.384 e. The molecule has 1 amide bonds. The van der Waals surface area contributed by atoms with Crippen LogP contribution in [0.3, 0.4) is 0 Å². The molecule has 0 aliphatic heterocycles. The maximum absolute atomic E-state index is 12.0. The quantitative estimate of drug-likeness (QED) is 0.834. The van der Waals surface area contributed by atoms with Crippen LogP contribution in [-0.2, 0) is 4.79 Å². The van der Waals surface area contributed by atoms with E-state index in [-0.39, 0.29) is 17.9 Å². The molecule has 2 N–H and O–H groups in total. The van der Waals surface area contributed by atoms with Gasteiger partial charge in [0.15, 0.2) is 0 Å². The van der Waals surface area contributed by atoms with Crippen LogP contribution in [0.1, 0.15) is 46.1 Å². The van der Waals surface area contributed by atoms with Crippen molar-refractivity contribution < 1.29 is 9.90 Å². The first-order valence-electron chi connectivity index (χ1n) is 7.30. The van der Waals surface area contributed by atoms with E-state index in [1.165, 1.54) is 0 Å². The van der Waals surface area contributed by atoms with Crippen molar-refractivity contribution in [3.05, 3.63) is 29.8 Å². The molecule has 1 unspecified atom stereocenters. The molecule has 0 fully saturated rings. The van der Waals surface area contributed by atoms with E-state index < -0.39 is 0 Å². The third-order valence-corrected chi connectivity index (χ3v) is 2.98. The van der Waals surface area contributed by atoms with Crippen molar-refractivity contribution >= 4 is 11.6 Å². The molecule has 0 heterocycles. The molecule has 114 valence electrons. The van der Waals surface area contributed by atoms with Gasteiger partial charge in [-0.15, -0.1) is 0 Å². The summed E-state index contributed by atoms with van der Waals surface area (Å²) in [6.07, 6.45) is 1.56. The molecule has 1 atom stereocenters. The molecule has 3 nitrogen and oxygen atoms in total. The third-order valence-electron chi connectivity index (χ3n) is 2.98. The Bertz CT molecular complexity index is 515. The van der Waals surface area contributed by atoms with Crippen molar-refractivity contribution in [1.82, 2.24) is 0 Å². The fourth-order valence-corrected chi connectivity index (χ4v) is 2.42. The lowest BCUT2D eigenvalue weighted by Crippen LogP contribution is -2.18. The van der Waals surface area contributed by atoms with Crippen LogP contribution in [0.4, 0.5) is 5.69 Å². The molecule has 0 bridgehead atoms. The first-order chi connectivity index (χ1) is 9.80. The smallest absolute Gasteiger partial charge is 0.224 e. The average Bonchev–Trinajstić information content (AvgIpc) is 2.35. The summed E-state index contributed by atoms with van der Waals surface area (Å²) in [4.78, 5) is 12.0. The van der Waals surface area contributed by atoms with Crippen LogP contribution in [-0.4, -0.2) is 17.6 Å². The van der Waals surface area contributed by atoms with Crippen LogP contribution in [0, 0.1) is 23.2 Å². The van der Waals surface area contributed by atoms with Crippen LogP contribution < -0.4 is 5.32 Å². The van der Waals surface area contributed by atoms with E-state index in [0.717, 1.165) is 17.7 Å². The Morgan fingerprint density at radius 3 is 2.43 bits per heavy atom. The van der Waals surface area contributed by atoms with Gasteiger partial charge in [-0.3, -0.25) is 4.79 Å². The highest BCUT2D eigenvalue weighted by Crippen LogP contribution is 2.26. The maximum atomic E-state index is 12.0. The molecule has 0 saturated heterocycles. The van der Waals surface area contributed by atoms with Gasteiger partial charge in [-0.05, 0) is 42.0 Å². The van der Waals surface area contributed by atoms with Crippen molar-refractivity contribution in [3.63, 3.8) is 0 Å². The van der Waals surface area contributed by atoms with Gasteiger partial charge < -0.3 is 10.4 Å². The van der Waals surface area contributed by atoms with Gasteiger partial charge in [0.25, 0.3) is 0 Å². The Morgan fingerprint density at radius 2 is 1.90 bits per heavy atom. The van der Waals surface area contributed by atoms with Gasteiger partial charge in [-0.2, -0.15) is 0 Å². The van der Waals surface area contributed by atoms with Gasteiger partial charge in [0.05, 0.1) is 0 Å². The van der Waals surface area contributed by atoms with Gasteiger partial charge >= 0.3 is 0 Å². The molecule has 1 aromatic rings. The van der Waals surface area contributed by atoms with Gasteiger partial charge in [0, 0.05) is 17.7 Å². The molecule has 0 aromatic heterocycles. The summed E-state index contributed by atoms with van der Waals surface area (Å²) in [7, 11) is 0. The molecular formula is C18H25NO2. The van der Waals surface area contributed by atoms with E-state index >= 15 is 0 Å². The SMILES string of the molecule is CC(CC(=O)Nc1ccc(C#CCO)cc1)CC(C)(C)C. The van der Waals surface area contributed by atoms with Crippen LogP contribution >= 0.6 is 0 Å². The van der Waals surface area contributed by atoms with Crippen molar-refractivity contribution in [2.75, 3.05) is 11.9 Å². The Labute approximate surface area is 127 Å². The number of carbonyl (C=O) groups excluding carboxylic acids is 1. The first-order valence-corrected chi connectivity index (χ1v) is 7.30. The molecule has 1 aromatic carbocycles. The molecule has 3 heteroatoms. The minimum atomic E-state index is -0.149. The second kappa shape index (κ2) is 7.85. The highest BCUT2D eigenvalue weighted by molar-refractivity contribution is 5.90. The van der Waals surface area contributed by atoms with Crippen LogP contribution in [0.2, 0.25) is 0 Å². The Kier molecular flexibility index (Phi) is 6.45. The zero-order chi connectivity index (χ0) is 15.9. The predicted molar refractivity (Wildman–Crippen MR) is 86.9 cm³/mol. The summed E-state index contributed by atoms with van der Waals surface area (Å²) < 4.78 is 0. The second-order valence-corrected chi connectivity index (χ2v) is 6.66. The number of hydrogen-bond acceptors (Lipinski definition) is 2. The van der Waals surface area contributed by atoms with Crippen molar-refractivity contribution in [2.24, 2.45) is 11.3 Å². The number of anilines is 1. The minimum absolute atomic E-state index is 0.0425. The van der Waals surface area contributed by atoms with Crippen LogP contribution in [0.25, 0.3) is 0 Å². The van der Waals surface area contributed by atoms with Gasteiger partial charge in [-0.1, -0.05) is 39.5 Å². The number of aliphatic hydroxyl groups is 1. The first kappa shape index (κ1) is 17.3. The number of rotatable bonds is 4. The molecule has 0 spiro atoms. The zero-order valence-electron chi connectivity index (χ0n) is 13.4. The molecule has 21 heavy (non-hydrogen) atoms. The summed E-state index contributed by atoms with van der Waals surface area (Å²) in [5.74, 6) is 5.81. The van der Waals surface area contributed by atoms with Gasteiger partial charge in [0.1, 0.15) is 6.61 Å². The van der Waals surface area contributed by atoms with Crippen molar-refractivity contribution in [2.45, 2.75) is 40.5 Å². The van der Waals surface area contributed by atoms with E-state index in [1.807, 2.05) is 24.3 Å². The lowest BCUT2D eigenvalue weighted by atomic mass is 9.84. The monoisotopic (exact) mass is 287 g/mol. The maximum Gasteiger partial charge on any atom is 0.224 e. The Hall–Kier alpha value is -1.79. The lowest BCUT2D eigenvalue weighted by Gasteiger charge is -2.22. The van der Waals surface area contributed by atoms with Crippen molar-refractivity contribution in [3.8, 4) is 11.8 Å². The average molecular weight is 287 g/mol. The summed E-state index contributed by atoms with van der Waals surface area (Å²) in [6, 6.07) is 7.31. The van der Waals surface area contributed by atoms with E-state index in [2.05, 4.69) is 44.9 Å². The fraction of sp³-hybridized carbons (Fsp3) is 0.500. The van der Waals surface area contributed by atoms with Crippen molar-refractivity contribution in [1.29, 1.82) is 0 Å². The molecule has 0 aliphatic carbocycles. The van der Waals surface area contributed by atoms with E-state index in [9.17, 15) is 4.79 Å². The molecule has 1 rings (SSSR count). The number of benzene rings is 1. The number of amides is 1. The fourth-order valence-electron chi connectivity index (χ4n) is 2.42. The summed E-state index contributed by atoms with van der Waals surface area (Å²) in [5, 5.41) is 11.5. The number of aliphatic hydroxyl groups excluding tert-OH is 1. The highest BCUT2D eigenvalue weighted by atomic mass is 16.2. The zero-order valence-corrected chi connectivity index (χ0v) is 13.4. The molecule has 0 aliphatic rings. The standard InChI is InChI=1S/C18H25NO2/c1-14(13-18(2,3)4)12-17(21)19-16-9-7-15(8-10-16)6-5-11-20/h7-10,14,20H,11-13H2,1-4H3,(H,19,21). The lowest BCUT2D eigenvalue weighted by molar-refractivity contribution is -0.117. The number of carbonyl (C=O) groups is 1. The second-order valence-electron chi connectivity index (χ2n) is 6.66. The molecule has 0 radical (unpaired) electrons. The Morgan fingerprint density at radius 1 is 1.29 bits per heavy atom. The van der Waals surface area contributed by atoms with E-state index in [1.54, 1.807) is 0 Å². The summed E-state index contributed by atoms with van der Waals surface area (Å²) >= 11 is 0. The van der Waals surface area contributed by atoms with Gasteiger partial charge in [0.2, 0.25) is 5.91 Å². The van der Waals surface area contributed by atoms with Crippen LogP contribution in [0.15, 0.2) is 24.3 Å². The number of hydrogen-bond donors (Lipinski definition) is 2. The predicted octanol–water partition coefficient (Wildman–Crippen LogP) is 3.43. The summed E-state index contributed by atoms with van der Waals surface area (Å²) in [6.45, 7) is 8.53. The Balaban J connectivity index is 2.51. The molecular weight excluding hydrogens is 262 g/mol. The van der Waals surface area contributed by atoms with E-state index in [0.29, 0.717) is 12.3 Å².